The highest BCUT2D eigenvalue weighted by Crippen LogP contribution is 2.37. The number of rotatable bonds is 4. The largest absolute Gasteiger partial charge is 0.446 e. The zero-order valence-electron chi connectivity index (χ0n) is 16.9. The van der Waals surface area contributed by atoms with Crippen LogP contribution in [0.25, 0.3) is 22.4 Å². The van der Waals surface area contributed by atoms with Gasteiger partial charge in [0.2, 0.25) is 0 Å². The molecule has 152 valence electrons. The van der Waals surface area contributed by atoms with Gasteiger partial charge >= 0.3 is 6.09 Å². The van der Waals surface area contributed by atoms with E-state index >= 15 is 0 Å². The number of hydrogen-bond donors (Lipinski definition) is 2. The number of aromatic nitrogens is 4. The molecular weight excluding hydrogens is 366 g/mol. The van der Waals surface area contributed by atoms with Gasteiger partial charge in [-0.2, -0.15) is 5.10 Å². The number of pyridine rings is 1. The normalized spacial score (nSPS) is 23.1. The minimum atomic E-state index is -0.266. The van der Waals surface area contributed by atoms with Crippen molar-refractivity contribution in [2.24, 2.45) is 7.05 Å². The molecule has 2 atom stereocenters. The van der Waals surface area contributed by atoms with Gasteiger partial charge in [-0.15, -0.1) is 0 Å². The first kappa shape index (κ1) is 18.2. The van der Waals surface area contributed by atoms with Gasteiger partial charge < -0.3 is 15.0 Å². The van der Waals surface area contributed by atoms with Crippen molar-refractivity contribution in [2.45, 2.75) is 63.0 Å². The Morgan fingerprint density at radius 2 is 2.21 bits per heavy atom. The van der Waals surface area contributed by atoms with Gasteiger partial charge in [0.15, 0.2) is 0 Å². The van der Waals surface area contributed by atoms with E-state index in [0.29, 0.717) is 5.92 Å². The molecule has 2 saturated carbocycles. The topological polar surface area (TPSA) is 84.8 Å². The summed E-state index contributed by atoms with van der Waals surface area (Å²) in [6.07, 6.45) is 9.50. The Morgan fingerprint density at radius 1 is 1.34 bits per heavy atom. The molecule has 0 radical (unpaired) electrons. The molecule has 0 aromatic carbocycles. The first-order valence-corrected chi connectivity index (χ1v) is 10.4. The van der Waals surface area contributed by atoms with E-state index < -0.39 is 0 Å². The van der Waals surface area contributed by atoms with Gasteiger partial charge in [-0.25, -0.2) is 9.78 Å². The molecule has 7 nitrogen and oxygen atoms in total. The first-order valence-electron chi connectivity index (χ1n) is 10.4. The molecule has 2 N–H and O–H groups in total. The van der Waals surface area contributed by atoms with Crippen molar-refractivity contribution in [3.05, 3.63) is 36.2 Å². The number of ether oxygens (including phenoxy) is 1. The van der Waals surface area contributed by atoms with E-state index in [1.165, 1.54) is 12.0 Å². The predicted octanol–water partition coefficient (Wildman–Crippen LogP) is 4.27. The number of nitrogens with zero attached hydrogens (tertiary/aromatic N) is 3. The van der Waals surface area contributed by atoms with Gasteiger partial charge in [0, 0.05) is 30.4 Å². The molecule has 3 heterocycles. The second-order valence-electron chi connectivity index (χ2n) is 8.81. The molecule has 0 aliphatic heterocycles. The third kappa shape index (κ3) is 3.50. The van der Waals surface area contributed by atoms with E-state index in [9.17, 15) is 4.79 Å². The van der Waals surface area contributed by atoms with Crippen molar-refractivity contribution in [3.8, 4) is 11.4 Å². The first-order chi connectivity index (χ1) is 14.0. The smallest absolute Gasteiger partial charge is 0.407 e. The molecule has 5 rings (SSSR count). The number of carbonyl (C=O) groups excluding carboxylic acids is 1. The third-order valence-corrected chi connectivity index (χ3v) is 6.58. The van der Waals surface area contributed by atoms with E-state index in [1.54, 1.807) is 6.20 Å². The lowest BCUT2D eigenvalue weighted by atomic mass is 9.79. The summed E-state index contributed by atoms with van der Waals surface area (Å²) in [5.41, 5.74) is 4.07. The lowest BCUT2D eigenvalue weighted by Gasteiger charge is -2.38. The Morgan fingerprint density at radius 3 is 2.93 bits per heavy atom. The Kier molecular flexibility index (Phi) is 4.33. The minimum absolute atomic E-state index is 0.0180. The maximum atomic E-state index is 12.2. The second-order valence-corrected chi connectivity index (χ2v) is 8.81. The van der Waals surface area contributed by atoms with Gasteiger partial charge in [0.05, 0.1) is 11.4 Å². The Bertz CT molecular complexity index is 1050. The Hall–Kier alpha value is -2.83. The SMILES string of the molecule is Cn1nccc1-c1cc2cc([C@H]3CC[C@@H](OC(=O)NC4(C)CCC4)C3)cnc2[nH]1. The monoisotopic (exact) mass is 393 g/mol. The molecule has 2 fully saturated rings. The van der Waals surface area contributed by atoms with E-state index in [4.69, 9.17) is 4.74 Å². The number of nitrogens with one attached hydrogen (secondary N) is 2. The fourth-order valence-electron chi connectivity index (χ4n) is 4.64. The van der Waals surface area contributed by atoms with Crippen molar-refractivity contribution in [3.63, 3.8) is 0 Å². The van der Waals surface area contributed by atoms with Gasteiger partial charge in [-0.1, -0.05) is 0 Å². The van der Waals surface area contributed by atoms with Crippen molar-refractivity contribution in [1.82, 2.24) is 25.1 Å². The van der Waals surface area contributed by atoms with Crippen LogP contribution in [0.2, 0.25) is 0 Å². The number of amides is 1. The highest BCUT2D eigenvalue weighted by Gasteiger charge is 2.35. The summed E-state index contributed by atoms with van der Waals surface area (Å²) in [7, 11) is 1.93. The number of H-pyrrole nitrogens is 1. The summed E-state index contributed by atoms with van der Waals surface area (Å²) in [6.45, 7) is 2.09. The molecular formula is C22H27N5O2. The van der Waals surface area contributed by atoms with E-state index in [-0.39, 0.29) is 17.7 Å². The van der Waals surface area contributed by atoms with Crippen LogP contribution >= 0.6 is 0 Å². The summed E-state index contributed by atoms with van der Waals surface area (Å²) in [5.74, 6) is 0.374. The van der Waals surface area contributed by atoms with Crippen LogP contribution in [0.1, 0.15) is 56.9 Å². The summed E-state index contributed by atoms with van der Waals surface area (Å²) in [6, 6.07) is 6.32. The van der Waals surface area contributed by atoms with E-state index in [0.717, 1.165) is 54.5 Å². The third-order valence-electron chi connectivity index (χ3n) is 6.58. The molecule has 2 aliphatic rings. The lowest BCUT2D eigenvalue weighted by molar-refractivity contribution is 0.0814. The second kappa shape index (κ2) is 6.90. The van der Waals surface area contributed by atoms with E-state index in [1.807, 2.05) is 24.0 Å². The molecule has 29 heavy (non-hydrogen) atoms. The zero-order valence-corrected chi connectivity index (χ0v) is 16.9. The molecule has 3 aromatic rings. The van der Waals surface area contributed by atoms with Crippen molar-refractivity contribution in [2.75, 3.05) is 0 Å². The highest BCUT2D eigenvalue weighted by atomic mass is 16.6. The van der Waals surface area contributed by atoms with Crippen LogP contribution in [0.5, 0.6) is 0 Å². The minimum Gasteiger partial charge on any atom is -0.446 e. The summed E-state index contributed by atoms with van der Waals surface area (Å²) in [4.78, 5) is 20.2. The fraction of sp³-hybridized carbons (Fsp3) is 0.500. The van der Waals surface area contributed by atoms with Crippen LogP contribution in [0.4, 0.5) is 4.79 Å². The maximum absolute atomic E-state index is 12.2. The van der Waals surface area contributed by atoms with Crippen molar-refractivity contribution in [1.29, 1.82) is 0 Å². The zero-order chi connectivity index (χ0) is 20.0. The number of aromatic amines is 1. The van der Waals surface area contributed by atoms with Crippen LogP contribution in [0.3, 0.4) is 0 Å². The van der Waals surface area contributed by atoms with Crippen molar-refractivity contribution >= 4 is 17.1 Å². The van der Waals surface area contributed by atoms with Gasteiger partial charge in [0.25, 0.3) is 0 Å². The summed E-state index contributed by atoms with van der Waals surface area (Å²) >= 11 is 0. The molecule has 0 saturated heterocycles. The number of alkyl carbamates (subject to hydrolysis) is 1. The standard InChI is InChI=1S/C22H27N5O2/c1-22(7-3-8-22)26-21(28)29-17-5-4-14(11-17)16-10-15-12-18(25-20(15)23-13-16)19-6-9-24-27(19)2/h6,9-10,12-14,17H,3-5,7-8,11H2,1-2H3,(H,23,25)(H,26,28)/t14-,17+/m0/s1. The maximum Gasteiger partial charge on any atom is 0.407 e. The lowest BCUT2D eigenvalue weighted by Crippen LogP contribution is -2.51. The number of aryl methyl sites for hydroxylation is 1. The van der Waals surface area contributed by atoms with Gasteiger partial charge in [-0.05, 0) is 75.1 Å². The molecule has 2 aliphatic carbocycles. The van der Waals surface area contributed by atoms with Crippen LogP contribution in [0, 0.1) is 0 Å². The summed E-state index contributed by atoms with van der Waals surface area (Å²) < 4.78 is 7.55. The Balaban J connectivity index is 1.26. The average Bonchev–Trinajstić information content (AvgIpc) is 3.38. The fourth-order valence-corrected chi connectivity index (χ4v) is 4.64. The average molecular weight is 393 g/mol. The van der Waals surface area contributed by atoms with E-state index in [2.05, 4.69) is 39.4 Å². The highest BCUT2D eigenvalue weighted by molar-refractivity contribution is 5.82. The summed E-state index contributed by atoms with van der Waals surface area (Å²) in [5, 5.41) is 8.37. The Labute approximate surface area is 169 Å². The van der Waals surface area contributed by atoms with Crippen LogP contribution < -0.4 is 5.32 Å². The number of hydrogen-bond acceptors (Lipinski definition) is 4. The van der Waals surface area contributed by atoms with Gasteiger partial charge in [0.1, 0.15) is 11.8 Å². The van der Waals surface area contributed by atoms with Gasteiger partial charge in [-0.3, -0.25) is 4.68 Å². The molecule has 3 aromatic heterocycles. The predicted molar refractivity (Wildman–Crippen MR) is 111 cm³/mol. The van der Waals surface area contributed by atoms with Crippen LogP contribution in [-0.2, 0) is 11.8 Å². The van der Waals surface area contributed by atoms with Crippen molar-refractivity contribution < 1.29 is 9.53 Å². The molecule has 0 bridgehead atoms. The quantitative estimate of drug-likeness (QED) is 0.693. The molecule has 0 spiro atoms. The number of fused-ring (bicyclic) bond motifs is 1. The van der Waals surface area contributed by atoms with Crippen LogP contribution in [-0.4, -0.2) is 37.5 Å². The molecule has 1 amide bonds. The number of carbonyl (C=O) groups is 1. The molecule has 0 unspecified atom stereocenters. The molecule has 7 heteroatoms. The van der Waals surface area contributed by atoms with Crippen LogP contribution in [0.15, 0.2) is 30.6 Å².